The molecule has 1 saturated heterocycles. The third-order valence-electron chi connectivity index (χ3n) is 2.77. The second-order valence-electron chi connectivity index (χ2n) is 3.97. The lowest BCUT2D eigenvalue weighted by atomic mass is 9.96. The summed E-state index contributed by atoms with van der Waals surface area (Å²) in [6, 6.07) is 0. The third kappa shape index (κ3) is 3.46. The lowest BCUT2D eigenvalue weighted by Gasteiger charge is -2.30. The number of carbonyl (C=O) groups is 2. The number of rotatable bonds is 4. The molecule has 4 nitrogen and oxygen atoms in total. The molecule has 1 rings (SSSR count). The number of hydrogen-bond acceptors (Lipinski definition) is 3. The minimum absolute atomic E-state index is 0.0450. The molecule has 1 heterocycles. The Bertz CT molecular complexity index is 220. The molecule has 0 bridgehead atoms. The predicted octanol–water partition coefficient (Wildman–Crippen LogP) is 0.163. The zero-order chi connectivity index (χ0) is 10.6. The Morgan fingerprint density at radius 1 is 1.36 bits per heavy atom. The number of ketones is 1. The minimum Gasteiger partial charge on any atom is -0.369 e. The largest absolute Gasteiger partial charge is 0.369 e. The Hall–Kier alpha value is -0.900. The van der Waals surface area contributed by atoms with E-state index in [-0.39, 0.29) is 17.6 Å². The molecule has 14 heavy (non-hydrogen) atoms. The van der Waals surface area contributed by atoms with E-state index < -0.39 is 0 Å². The topological polar surface area (TPSA) is 63.4 Å². The van der Waals surface area contributed by atoms with Crippen molar-refractivity contribution in [3.63, 3.8) is 0 Å². The van der Waals surface area contributed by atoms with E-state index in [0.29, 0.717) is 6.42 Å². The Morgan fingerprint density at radius 3 is 2.36 bits per heavy atom. The van der Waals surface area contributed by atoms with Crippen molar-refractivity contribution in [2.45, 2.75) is 26.2 Å². The summed E-state index contributed by atoms with van der Waals surface area (Å²) in [6.45, 7) is 4.21. The molecule has 0 aromatic rings. The number of nitrogens with zero attached hydrogens (tertiary/aromatic N) is 1. The number of carbonyl (C=O) groups excluding carboxylic acids is 2. The first kappa shape index (κ1) is 11.2. The van der Waals surface area contributed by atoms with Gasteiger partial charge in [0.2, 0.25) is 5.91 Å². The Morgan fingerprint density at radius 2 is 1.93 bits per heavy atom. The molecule has 0 aromatic carbocycles. The highest BCUT2D eigenvalue weighted by Crippen LogP contribution is 2.16. The van der Waals surface area contributed by atoms with Crippen LogP contribution in [-0.4, -0.2) is 36.2 Å². The highest BCUT2D eigenvalue weighted by Gasteiger charge is 2.22. The minimum atomic E-state index is -0.184. The molecule has 1 aliphatic heterocycles. The zero-order valence-electron chi connectivity index (χ0n) is 8.66. The SMILES string of the molecule is CC(=O)CCN1CCC(C(N)=O)CC1. The van der Waals surface area contributed by atoms with Gasteiger partial charge in [0.15, 0.2) is 0 Å². The van der Waals surface area contributed by atoms with Crippen LogP contribution >= 0.6 is 0 Å². The third-order valence-corrected chi connectivity index (χ3v) is 2.77. The van der Waals surface area contributed by atoms with E-state index in [0.717, 1.165) is 32.5 Å². The maximum Gasteiger partial charge on any atom is 0.220 e. The van der Waals surface area contributed by atoms with Crippen LogP contribution in [0, 0.1) is 5.92 Å². The van der Waals surface area contributed by atoms with Gasteiger partial charge in [-0.25, -0.2) is 0 Å². The van der Waals surface area contributed by atoms with Crippen molar-refractivity contribution in [1.82, 2.24) is 4.90 Å². The van der Waals surface area contributed by atoms with Crippen LogP contribution in [0.25, 0.3) is 0 Å². The average Bonchev–Trinajstić information content (AvgIpc) is 2.15. The summed E-state index contributed by atoms with van der Waals surface area (Å²) in [6.07, 6.45) is 2.29. The molecular formula is C10H18N2O2. The standard InChI is InChI=1S/C10H18N2O2/c1-8(13)2-5-12-6-3-9(4-7-12)10(11)14/h9H,2-7H2,1H3,(H2,11,14). The molecular weight excluding hydrogens is 180 g/mol. The lowest BCUT2D eigenvalue weighted by Crippen LogP contribution is -2.39. The van der Waals surface area contributed by atoms with Gasteiger partial charge in [-0.05, 0) is 32.9 Å². The fourth-order valence-corrected chi connectivity index (χ4v) is 1.76. The number of primary amides is 1. The second-order valence-corrected chi connectivity index (χ2v) is 3.97. The van der Waals surface area contributed by atoms with Crippen molar-refractivity contribution in [1.29, 1.82) is 0 Å². The highest BCUT2D eigenvalue weighted by molar-refractivity contribution is 5.76. The maximum absolute atomic E-state index is 10.9. The number of amides is 1. The molecule has 0 spiro atoms. The predicted molar refractivity (Wildman–Crippen MR) is 53.7 cm³/mol. The van der Waals surface area contributed by atoms with Crippen molar-refractivity contribution >= 4 is 11.7 Å². The molecule has 2 N–H and O–H groups in total. The molecule has 0 saturated carbocycles. The highest BCUT2D eigenvalue weighted by atomic mass is 16.1. The number of piperidine rings is 1. The van der Waals surface area contributed by atoms with Gasteiger partial charge in [-0.1, -0.05) is 0 Å². The van der Waals surface area contributed by atoms with Crippen LogP contribution in [-0.2, 0) is 9.59 Å². The number of hydrogen-bond donors (Lipinski definition) is 1. The van der Waals surface area contributed by atoms with Crippen molar-refractivity contribution in [3.05, 3.63) is 0 Å². The van der Waals surface area contributed by atoms with Gasteiger partial charge in [-0.3, -0.25) is 9.59 Å². The Kier molecular flexibility index (Phi) is 4.07. The lowest BCUT2D eigenvalue weighted by molar-refractivity contribution is -0.123. The van der Waals surface area contributed by atoms with Crippen molar-refractivity contribution in [2.75, 3.05) is 19.6 Å². The van der Waals surface area contributed by atoms with Gasteiger partial charge in [0.05, 0.1) is 0 Å². The fourth-order valence-electron chi connectivity index (χ4n) is 1.76. The second kappa shape index (κ2) is 5.10. The summed E-state index contributed by atoms with van der Waals surface area (Å²) >= 11 is 0. The molecule has 0 aliphatic carbocycles. The van der Waals surface area contributed by atoms with E-state index in [1.165, 1.54) is 0 Å². The van der Waals surface area contributed by atoms with Gasteiger partial charge in [0, 0.05) is 18.9 Å². The summed E-state index contributed by atoms with van der Waals surface area (Å²) in [4.78, 5) is 23.9. The van der Waals surface area contributed by atoms with Gasteiger partial charge < -0.3 is 10.6 Å². The fraction of sp³-hybridized carbons (Fsp3) is 0.800. The van der Waals surface area contributed by atoms with E-state index in [9.17, 15) is 9.59 Å². The normalized spacial score (nSPS) is 19.5. The summed E-state index contributed by atoms with van der Waals surface area (Å²) in [5, 5.41) is 0. The van der Waals surface area contributed by atoms with E-state index in [4.69, 9.17) is 5.73 Å². The molecule has 80 valence electrons. The maximum atomic E-state index is 10.9. The number of Topliss-reactive ketones (excluding diaryl/α,β-unsaturated/α-hetero) is 1. The van der Waals surface area contributed by atoms with Crippen LogP contribution in [0.3, 0.4) is 0 Å². The van der Waals surface area contributed by atoms with E-state index >= 15 is 0 Å². The summed E-state index contributed by atoms with van der Waals surface area (Å²) in [7, 11) is 0. The molecule has 1 amide bonds. The van der Waals surface area contributed by atoms with Crippen LogP contribution in [0.4, 0.5) is 0 Å². The van der Waals surface area contributed by atoms with Crippen molar-refractivity contribution < 1.29 is 9.59 Å². The first-order chi connectivity index (χ1) is 6.59. The van der Waals surface area contributed by atoms with Crippen LogP contribution in [0.2, 0.25) is 0 Å². The molecule has 0 atom stereocenters. The van der Waals surface area contributed by atoms with Crippen LogP contribution in [0.5, 0.6) is 0 Å². The zero-order valence-corrected chi connectivity index (χ0v) is 8.66. The molecule has 1 fully saturated rings. The average molecular weight is 198 g/mol. The summed E-state index contributed by atoms with van der Waals surface area (Å²) in [5.41, 5.74) is 5.22. The monoisotopic (exact) mass is 198 g/mol. The number of likely N-dealkylation sites (tertiary alicyclic amines) is 1. The Balaban J connectivity index is 2.22. The van der Waals surface area contributed by atoms with E-state index in [2.05, 4.69) is 4.90 Å². The van der Waals surface area contributed by atoms with Crippen molar-refractivity contribution in [3.8, 4) is 0 Å². The first-order valence-electron chi connectivity index (χ1n) is 5.10. The molecule has 1 aliphatic rings. The van der Waals surface area contributed by atoms with Gasteiger partial charge >= 0.3 is 0 Å². The van der Waals surface area contributed by atoms with Crippen LogP contribution < -0.4 is 5.73 Å². The molecule has 0 unspecified atom stereocenters. The Labute approximate surface area is 84.4 Å². The summed E-state index contributed by atoms with van der Waals surface area (Å²) < 4.78 is 0. The van der Waals surface area contributed by atoms with Gasteiger partial charge in [-0.2, -0.15) is 0 Å². The first-order valence-corrected chi connectivity index (χ1v) is 5.10. The van der Waals surface area contributed by atoms with Gasteiger partial charge in [0.25, 0.3) is 0 Å². The van der Waals surface area contributed by atoms with E-state index in [1.54, 1.807) is 6.92 Å². The van der Waals surface area contributed by atoms with E-state index in [1.807, 2.05) is 0 Å². The smallest absolute Gasteiger partial charge is 0.220 e. The molecule has 0 aromatic heterocycles. The molecule has 0 radical (unpaired) electrons. The quantitative estimate of drug-likeness (QED) is 0.700. The van der Waals surface area contributed by atoms with Crippen molar-refractivity contribution in [2.24, 2.45) is 11.7 Å². The number of nitrogens with two attached hydrogens (primary N) is 1. The summed E-state index contributed by atoms with van der Waals surface area (Å²) in [5.74, 6) is 0.0850. The van der Waals surface area contributed by atoms with Gasteiger partial charge in [0.1, 0.15) is 5.78 Å². The van der Waals surface area contributed by atoms with Crippen LogP contribution in [0.1, 0.15) is 26.2 Å². The van der Waals surface area contributed by atoms with Gasteiger partial charge in [-0.15, -0.1) is 0 Å². The van der Waals surface area contributed by atoms with Crippen LogP contribution in [0.15, 0.2) is 0 Å². The molecule has 4 heteroatoms.